The minimum Gasteiger partial charge on any atom is -0.466 e. The van der Waals surface area contributed by atoms with Crippen molar-refractivity contribution < 1.29 is 9.53 Å². The average molecular weight is 417 g/mol. The summed E-state index contributed by atoms with van der Waals surface area (Å²) < 4.78 is 5.42. The van der Waals surface area contributed by atoms with Crippen molar-refractivity contribution in [3.8, 4) is 0 Å². The highest BCUT2D eigenvalue weighted by Crippen LogP contribution is 2.68. The van der Waals surface area contributed by atoms with Crippen LogP contribution in [0.25, 0.3) is 0 Å². The summed E-state index contributed by atoms with van der Waals surface area (Å²) in [4.78, 5) is 12.1. The molecule has 0 saturated heterocycles. The van der Waals surface area contributed by atoms with Gasteiger partial charge in [-0.2, -0.15) is 0 Å². The number of fused-ring (bicyclic) bond motifs is 5. The second-order valence-electron chi connectivity index (χ2n) is 12.2. The minimum atomic E-state index is 0.0299. The van der Waals surface area contributed by atoms with E-state index in [1.54, 1.807) is 0 Å². The van der Waals surface area contributed by atoms with Gasteiger partial charge in [0.25, 0.3) is 0 Å². The lowest BCUT2D eigenvalue weighted by Crippen LogP contribution is -2.53. The van der Waals surface area contributed by atoms with E-state index in [-0.39, 0.29) is 5.97 Å². The molecule has 8 atom stereocenters. The van der Waals surface area contributed by atoms with E-state index >= 15 is 0 Å². The zero-order chi connectivity index (χ0) is 21.4. The third kappa shape index (κ3) is 3.99. The van der Waals surface area contributed by atoms with Gasteiger partial charge in [0.2, 0.25) is 0 Å². The molecule has 0 radical (unpaired) electrons. The molecule has 0 aliphatic heterocycles. The summed E-state index contributed by atoms with van der Waals surface area (Å²) >= 11 is 0. The van der Waals surface area contributed by atoms with Gasteiger partial charge in [-0.3, -0.25) is 4.79 Å². The minimum absolute atomic E-state index is 0.0299. The number of unbranched alkanes of at least 4 members (excludes halogenated alkanes) is 1. The lowest BCUT2D eigenvalue weighted by Gasteiger charge is -2.61. The second-order valence-corrected chi connectivity index (χ2v) is 12.2. The standard InChI is InChI=1S/C28H48O2/c1-5-6-19-30-26(29)15-10-20(2)23-13-14-24-22-12-11-21-9-7-8-17-27(21,3)25(22)16-18-28(23,24)4/h20-25H,5-19H2,1-4H3. The van der Waals surface area contributed by atoms with Gasteiger partial charge in [-0.15, -0.1) is 0 Å². The first-order valence-corrected chi connectivity index (χ1v) is 13.6. The Hall–Kier alpha value is -0.530. The molecule has 0 spiro atoms. The average Bonchev–Trinajstić information content (AvgIpc) is 3.09. The van der Waals surface area contributed by atoms with E-state index in [0.717, 1.165) is 48.9 Å². The molecule has 0 N–H and O–H groups in total. The lowest BCUT2D eigenvalue weighted by molar-refractivity contribution is -0.144. The zero-order valence-electron chi connectivity index (χ0n) is 20.4. The van der Waals surface area contributed by atoms with Crippen molar-refractivity contribution in [2.24, 2.45) is 46.3 Å². The van der Waals surface area contributed by atoms with Gasteiger partial charge in [0, 0.05) is 6.42 Å². The molecule has 30 heavy (non-hydrogen) atoms. The van der Waals surface area contributed by atoms with Gasteiger partial charge < -0.3 is 4.74 Å². The van der Waals surface area contributed by atoms with Crippen molar-refractivity contribution in [1.82, 2.24) is 0 Å². The molecule has 2 nitrogen and oxygen atoms in total. The van der Waals surface area contributed by atoms with Crippen LogP contribution in [0.2, 0.25) is 0 Å². The molecule has 0 bridgehead atoms. The van der Waals surface area contributed by atoms with Crippen LogP contribution in [-0.4, -0.2) is 12.6 Å². The Morgan fingerprint density at radius 3 is 2.57 bits per heavy atom. The first kappa shape index (κ1) is 22.7. The van der Waals surface area contributed by atoms with Gasteiger partial charge in [0.05, 0.1) is 6.61 Å². The molecule has 0 aromatic rings. The van der Waals surface area contributed by atoms with Crippen molar-refractivity contribution in [3.05, 3.63) is 0 Å². The Balaban J connectivity index is 1.38. The third-order valence-electron chi connectivity index (χ3n) is 10.9. The molecule has 4 aliphatic carbocycles. The Labute approximate surface area is 186 Å². The van der Waals surface area contributed by atoms with Crippen LogP contribution in [0.4, 0.5) is 0 Å². The molecule has 2 heteroatoms. The summed E-state index contributed by atoms with van der Waals surface area (Å²) in [6.45, 7) is 10.5. The molecule has 8 unspecified atom stereocenters. The van der Waals surface area contributed by atoms with Crippen LogP contribution in [0.15, 0.2) is 0 Å². The Morgan fingerprint density at radius 2 is 1.77 bits per heavy atom. The molecule has 4 fully saturated rings. The molecule has 172 valence electrons. The fourth-order valence-electron chi connectivity index (χ4n) is 9.22. The zero-order valence-corrected chi connectivity index (χ0v) is 20.4. The molecule has 4 saturated carbocycles. The fourth-order valence-corrected chi connectivity index (χ4v) is 9.22. The Morgan fingerprint density at radius 1 is 0.967 bits per heavy atom. The number of esters is 1. The number of carbonyl (C=O) groups excluding carboxylic acids is 1. The van der Waals surface area contributed by atoms with E-state index in [1.807, 2.05) is 0 Å². The second kappa shape index (κ2) is 9.14. The maximum absolute atomic E-state index is 12.1. The largest absolute Gasteiger partial charge is 0.466 e. The van der Waals surface area contributed by atoms with Gasteiger partial charge >= 0.3 is 5.97 Å². The predicted octanol–water partition coefficient (Wildman–Crippen LogP) is 7.80. The molecule has 4 rings (SSSR count). The van der Waals surface area contributed by atoms with Crippen LogP contribution >= 0.6 is 0 Å². The van der Waals surface area contributed by atoms with E-state index in [4.69, 9.17) is 4.74 Å². The van der Waals surface area contributed by atoms with Gasteiger partial charge in [-0.25, -0.2) is 0 Å². The summed E-state index contributed by atoms with van der Waals surface area (Å²) in [5.74, 6) is 5.44. The third-order valence-corrected chi connectivity index (χ3v) is 10.9. The van der Waals surface area contributed by atoms with Crippen molar-refractivity contribution >= 4 is 5.97 Å². The first-order chi connectivity index (χ1) is 14.4. The first-order valence-electron chi connectivity index (χ1n) is 13.6. The van der Waals surface area contributed by atoms with E-state index in [2.05, 4.69) is 27.7 Å². The Kier molecular flexibility index (Phi) is 6.91. The van der Waals surface area contributed by atoms with E-state index in [0.29, 0.717) is 29.8 Å². The highest BCUT2D eigenvalue weighted by Gasteiger charge is 2.60. The number of carbonyl (C=O) groups is 1. The molecule has 0 aromatic heterocycles. The maximum atomic E-state index is 12.1. The molecular formula is C28H48O2. The van der Waals surface area contributed by atoms with Crippen molar-refractivity contribution in [3.63, 3.8) is 0 Å². The maximum Gasteiger partial charge on any atom is 0.305 e. The van der Waals surface area contributed by atoms with Crippen LogP contribution in [0.1, 0.15) is 118 Å². The number of hydrogen-bond acceptors (Lipinski definition) is 2. The van der Waals surface area contributed by atoms with Crippen LogP contribution in [-0.2, 0) is 9.53 Å². The van der Waals surface area contributed by atoms with Gasteiger partial charge in [0.15, 0.2) is 0 Å². The molecule has 0 aromatic carbocycles. The molecule has 0 heterocycles. The summed E-state index contributed by atoms with van der Waals surface area (Å²) in [5, 5.41) is 0. The lowest BCUT2D eigenvalue weighted by atomic mass is 9.44. The van der Waals surface area contributed by atoms with Crippen LogP contribution in [0.3, 0.4) is 0 Å². The van der Waals surface area contributed by atoms with Crippen molar-refractivity contribution in [2.75, 3.05) is 6.61 Å². The Bertz CT molecular complexity index is 599. The summed E-state index contributed by atoms with van der Waals surface area (Å²) in [7, 11) is 0. The number of rotatable bonds is 7. The summed E-state index contributed by atoms with van der Waals surface area (Å²) in [6, 6.07) is 0. The van der Waals surface area contributed by atoms with E-state index in [1.165, 1.54) is 64.2 Å². The van der Waals surface area contributed by atoms with Gasteiger partial charge in [-0.05, 0) is 111 Å². The SMILES string of the molecule is CCCCOC(=O)CCC(C)C1CCC2C3CCC4CCCCC4(C)C3CCC12C. The molecular weight excluding hydrogens is 368 g/mol. The van der Waals surface area contributed by atoms with Crippen LogP contribution in [0.5, 0.6) is 0 Å². The summed E-state index contributed by atoms with van der Waals surface area (Å²) in [6.07, 6.45) is 18.5. The van der Waals surface area contributed by atoms with Crippen LogP contribution < -0.4 is 0 Å². The van der Waals surface area contributed by atoms with E-state index in [9.17, 15) is 4.79 Å². The number of ether oxygens (including phenoxy) is 1. The molecule has 0 amide bonds. The fraction of sp³-hybridized carbons (Fsp3) is 0.964. The topological polar surface area (TPSA) is 26.3 Å². The van der Waals surface area contributed by atoms with Gasteiger partial charge in [0.1, 0.15) is 0 Å². The monoisotopic (exact) mass is 416 g/mol. The van der Waals surface area contributed by atoms with Crippen molar-refractivity contribution in [2.45, 2.75) is 118 Å². The van der Waals surface area contributed by atoms with E-state index < -0.39 is 0 Å². The number of hydrogen-bond donors (Lipinski definition) is 0. The van der Waals surface area contributed by atoms with Crippen molar-refractivity contribution in [1.29, 1.82) is 0 Å². The highest BCUT2D eigenvalue weighted by atomic mass is 16.5. The van der Waals surface area contributed by atoms with Crippen LogP contribution in [0, 0.1) is 46.3 Å². The molecule has 4 aliphatic rings. The van der Waals surface area contributed by atoms with Gasteiger partial charge in [-0.1, -0.05) is 47.0 Å². The quantitative estimate of drug-likeness (QED) is 0.312. The normalized spacial score (nSPS) is 43.9. The predicted molar refractivity (Wildman–Crippen MR) is 124 cm³/mol. The highest BCUT2D eigenvalue weighted by molar-refractivity contribution is 5.69. The smallest absolute Gasteiger partial charge is 0.305 e. The summed E-state index contributed by atoms with van der Waals surface area (Å²) in [5.41, 5.74) is 1.17.